The molecule has 1 aromatic carbocycles. The molecule has 0 heterocycles. The van der Waals surface area contributed by atoms with Crippen LogP contribution in [0.3, 0.4) is 0 Å². The Morgan fingerprint density at radius 3 is 2.33 bits per heavy atom. The van der Waals surface area contributed by atoms with Crippen LogP contribution < -0.4 is 5.32 Å². The lowest BCUT2D eigenvalue weighted by Gasteiger charge is -2.12. The summed E-state index contributed by atoms with van der Waals surface area (Å²) in [6, 6.07) is 1.05. The van der Waals surface area contributed by atoms with Crippen molar-refractivity contribution in [3.63, 3.8) is 0 Å². The van der Waals surface area contributed by atoms with E-state index in [1.807, 2.05) is 0 Å². The number of carboxylic acids is 1. The number of hydrogen-bond acceptors (Lipinski definition) is 2. The van der Waals surface area contributed by atoms with Gasteiger partial charge in [0, 0.05) is 4.47 Å². The van der Waals surface area contributed by atoms with Gasteiger partial charge < -0.3 is 10.4 Å². The maximum Gasteiger partial charge on any atom is 0.325 e. The van der Waals surface area contributed by atoms with Gasteiger partial charge in [-0.2, -0.15) is 0 Å². The number of nitrogens with one attached hydrogen (secondary N) is 1. The molecule has 6 heteroatoms. The van der Waals surface area contributed by atoms with Gasteiger partial charge in [-0.3, -0.25) is 4.79 Å². The molecule has 15 heavy (non-hydrogen) atoms. The van der Waals surface area contributed by atoms with Crippen LogP contribution in [0.5, 0.6) is 0 Å². The number of halogens is 3. The zero-order valence-electron chi connectivity index (χ0n) is 7.72. The van der Waals surface area contributed by atoms with Crippen molar-refractivity contribution in [2.24, 2.45) is 0 Å². The molecule has 0 spiro atoms. The first-order valence-corrected chi connectivity index (χ1v) is 4.85. The molecule has 0 saturated carbocycles. The fourth-order valence-electron chi connectivity index (χ4n) is 0.958. The third-order valence-corrected chi connectivity index (χ3v) is 2.20. The van der Waals surface area contributed by atoms with E-state index in [4.69, 9.17) is 5.11 Å². The van der Waals surface area contributed by atoms with Crippen LogP contribution in [-0.4, -0.2) is 17.1 Å². The van der Waals surface area contributed by atoms with Gasteiger partial charge >= 0.3 is 5.97 Å². The van der Waals surface area contributed by atoms with E-state index >= 15 is 0 Å². The van der Waals surface area contributed by atoms with E-state index in [2.05, 4.69) is 21.2 Å². The highest BCUT2D eigenvalue weighted by Crippen LogP contribution is 2.24. The molecule has 2 N–H and O–H groups in total. The molecule has 0 aliphatic heterocycles. The van der Waals surface area contributed by atoms with Gasteiger partial charge in [0.2, 0.25) is 0 Å². The van der Waals surface area contributed by atoms with E-state index in [-0.39, 0.29) is 4.47 Å². The summed E-state index contributed by atoms with van der Waals surface area (Å²) >= 11 is 2.92. The van der Waals surface area contributed by atoms with E-state index in [0.717, 1.165) is 12.1 Å². The molecule has 1 rings (SSSR count). The summed E-state index contributed by atoms with van der Waals surface area (Å²) in [5, 5.41) is 10.8. The second kappa shape index (κ2) is 4.57. The molecule has 0 bridgehead atoms. The van der Waals surface area contributed by atoms with Crippen molar-refractivity contribution >= 4 is 27.6 Å². The molecule has 1 atom stereocenters. The Morgan fingerprint density at radius 1 is 1.47 bits per heavy atom. The summed E-state index contributed by atoms with van der Waals surface area (Å²) in [5.74, 6) is -2.86. The van der Waals surface area contributed by atoms with Gasteiger partial charge in [0.05, 0.1) is 0 Å². The second-order valence-electron chi connectivity index (χ2n) is 2.95. The number of benzene rings is 1. The molecular weight excluding hydrogens is 272 g/mol. The molecule has 0 fully saturated rings. The predicted octanol–water partition coefficient (Wildman–Crippen LogP) is 2.61. The standard InChI is InChI=1S/C9H8BrF2NO2/c1-4(9(14)15)13-8-6(11)2-5(10)3-7(8)12/h2-4,13H,1H3,(H,14,15). The van der Waals surface area contributed by atoms with E-state index in [9.17, 15) is 13.6 Å². The minimum atomic E-state index is -1.18. The first-order valence-electron chi connectivity index (χ1n) is 4.05. The van der Waals surface area contributed by atoms with Crippen molar-refractivity contribution < 1.29 is 18.7 Å². The summed E-state index contributed by atoms with van der Waals surface area (Å²) in [5.41, 5.74) is -0.437. The molecule has 0 saturated heterocycles. The molecule has 0 radical (unpaired) electrons. The van der Waals surface area contributed by atoms with Crippen LogP contribution >= 0.6 is 15.9 Å². The summed E-state index contributed by atoms with van der Waals surface area (Å²) in [6.45, 7) is 1.29. The van der Waals surface area contributed by atoms with Crippen LogP contribution in [0.2, 0.25) is 0 Å². The summed E-state index contributed by atoms with van der Waals surface area (Å²) < 4.78 is 26.7. The first-order chi connectivity index (χ1) is 6.91. The summed E-state index contributed by atoms with van der Waals surface area (Å²) in [6.07, 6.45) is 0. The predicted molar refractivity (Wildman–Crippen MR) is 54.8 cm³/mol. The van der Waals surface area contributed by atoms with Crippen LogP contribution in [0.4, 0.5) is 14.5 Å². The third kappa shape index (κ3) is 2.89. The zero-order valence-corrected chi connectivity index (χ0v) is 9.31. The molecule has 0 aromatic heterocycles. The van der Waals surface area contributed by atoms with E-state index in [1.54, 1.807) is 0 Å². The van der Waals surface area contributed by atoms with Crippen molar-refractivity contribution in [3.8, 4) is 0 Å². The molecule has 1 unspecified atom stereocenters. The molecular formula is C9H8BrF2NO2. The van der Waals surface area contributed by atoms with E-state index < -0.39 is 29.3 Å². The molecule has 3 nitrogen and oxygen atoms in total. The number of anilines is 1. The van der Waals surface area contributed by atoms with Crippen LogP contribution in [0.15, 0.2) is 16.6 Å². The average Bonchev–Trinajstić information content (AvgIpc) is 2.10. The number of carboxylic acid groups (broad SMARTS) is 1. The quantitative estimate of drug-likeness (QED) is 0.894. The third-order valence-electron chi connectivity index (χ3n) is 1.74. The Labute approximate surface area is 93.2 Å². The van der Waals surface area contributed by atoms with Crippen LogP contribution in [0, 0.1) is 11.6 Å². The maximum atomic E-state index is 13.2. The van der Waals surface area contributed by atoms with Crippen LogP contribution in [0.25, 0.3) is 0 Å². The van der Waals surface area contributed by atoms with Gasteiger partial charge in [-0.05, 0) is 19.1 Å². The van der Waals surface area contributed by atoms with Gasteiger partial charge in [0.1, 0.15) is 23.4 Å². The van der Waals surface area contributed by atoms with Gasteiger partial charge in [-0.25, -0.2) is 8.78 Å². The second-order valence-corrected chi connectivity index (χ2v) is 3.86. The molecule has 0 aliphatic carbocycles. The fourth-order valence-corrected chi connectivity index (χ4v) is 1.36. The Bertz CT molecular complexity index is 375. The normalized spacial score (nSPS) is 12.3. The highest BCUT2D eigenvalue weighted by Gasteiger charge is 2.16. The van der Waals surface area contributed by atoms with Gasteiger partial charge in [0.15, 0.2) is 0 Å². The van der Waals surface area contributed by atoms with Gasteiger partial charge in [0.25, 0.3) is 0 Å². The highest BCUT2D eigenvalue weighted by molar-refractivity contribution is 9.10. The molecule has 1 aromatic rings. The fraction of sp³-hybridized carbons (Fsp3) is 0.222. The Balaban J connectivity index is 3.00. The average molecular weight is 280 g/mol. The van der Waals surface area contributed by atoms with Crippen molar-refractivity contribution in [2.45, 2.75) is 13.0 Å². The topological polar surface area (TPSA) is 49.3 Å². The lowest BCUT2D eigenvalue weighted by molar-refractivity contribution is -0.137. The van der Waals surface area contributed by atoms with Crippen LogP contribution in [0.1, 0.15) is 6.92 Å². The smallest absolute Gasteiger partial charge is 0.325 e. The van der Waals surface area contributed by atoms with Crippen molar-refractivity contribution in [2.75, 3.05) is 5.32 Å². The number of hydrogen-bond donors (Lipinski definition) is 2. The van der Waals surface area contributed by atoms with Crippen molar-refractivity contribution in [1.82, 2.24) is 0 Å². The summed E-state index contributed by atoms with van der Waals surface area (Å²) in [4.78, 5) is 10.5. The Morgan fingerprint density at radius 2 is 1.93 bits per heavy atom. The van der Waals surface area contributed by atoms with Crippen molar-refractivity contribution in [3.05, 3.63) is 28.2 Å². The Kier molecular flexibility index (Phi) is 3.62. The molecule has 82 valence electrons. The zero-order chi connectivity index (χ0) is 11.6. The van der Waals surface area contributed by atoms with Crippen LogP contribution in [-0.2, 0) is 4.79 Å². The highest BCUT2D eigenvalue weighted by atomic mass is 79.9. The monoisotopic (exact) mass is 279 g/mol. The summed E-state index contributed by atoms with van der Waals surface area (Å²) in [7, 11) is 0. The van der Waals surface area contributed by atoms with E-state index in [1.165, 1.54) is 6.92 Å². The molecule has 0 aliphatic rings. The van der Waals surface area contributed by atoms with Gasteiger partial charge in [-0.15, -0.1) is 0 Å². The largest absolute Gasteiger partial charge is 0.480 e. The maximum absolute atomic E-state index is 13.2. The minimum absolute atomic E-state index is 0.256. The molecule has 0 amide bonds. The number of carbonyl (C=O) groups is 1. The van der Waals surface area contributed by atoms with Crippen molar-refractivity contribution in [1.29, 1.82) is 0 Å². The lowest BCUT2D eigenvalue weighted by Crippen LogP contribution is -2.26. The first kappa shape index (κ1) is 11.9. The lowest BCUT2D eigenvalue weighted by atomic mass is 10.2. The number of rotatable bonds is 3. The van der Waals surface area contributed by atoms with Gasteiger partial charge in [-0.1, -0.05) is 15.9 Å². The minimum Gasteiger partial charge on any atom is -0.480 e. The SMILES string of the molecule is CC(Nc1c(F)cc(Br)cc1F)C(=O)O. The number of aliphatic carboxylic acids is 1. The van der Waals surface area contributed by atoms with E-state index in [0.29, 0.717) is 0 Å². The Hall–Kier alpha value is -1.17.